The highest BCUT2D eigenvalue weighted by Crippen LogP contribution is 2.21. The number of hydrogen-bond donors (Lipinski definition) is 0. The lowest BCUT2D eigenvalue weighted by atomic mass is 10.1. The molecule has 0 amide bonds. The molecule has 0 aliphatic rings. The summed E-state index contributed by atoms with van der Waals surface area (Å²) in [6.45, 7) is 0.553. The third-order valence-electron chi connectivity index (χ3n) is 4.07. The second kappa shape index (κ2) is 7.60. The maximum Gasteiger partial charge on any atom is 0.337 e. The maximum absolute atomic E-state index is 11.5. The van der Waals surface area contributed by atoms with E-state index < -0.39 is 0 Å². The van der Waals surface area contributed by atoms with Crippen molar-refractivity contribution in [2.24, 2.45) is 0 Å². The summed E-state index contributed by atoms with van der Waals surface area (Å²) in [5, 5.41) is 11.2. The average Bonchev–Trinajstić information content (AvgIpc) is 3.08. The largest absolute Gasteiger partial charge is 0.465 e. The third kappa shape index (κ3) is 3.77. The van der Waals surface area contributed by atoms with Crippen molar-refractivity contribution in [2.45, 2.75) is 13.0 Å². The molecule has 1 aromatic heterocycles. The molecule has 2 aromatic carbocycles. The molecule has 7 heteroatoms. The van der Waals surface area contributed by atoms with Gasteiger partial charge in [0.1, 0.15) is 5.82 Å². The number of aromatic nitrogens is 2. The minimum atomic E-state index is -0.381. The number of para-hydroxylation sites is 1. The molecule has 0 saturated heterocycles. The molecule has 0 radical (unpaired) electrons. The Labute approximate surface area is 150 Å². The summed E-state index contributed by atoms with van der Waals surface area (Å²) in [5.74, 6) is 0.354. The van der Waals surface area contributed by atoms with Gasteiger partial charge >= 0.3 is 5.97 Å². The first-order valence-electron chi connectivity index (χ1n) is 7.98. The van der Waals surface area contributed by atoms with Gasteiger partial charge in [-0.05, 0) is 17.7 Å². The summed E-state index contributed by atoms with van der Waals surface area (Å²) in [6, 6.07) is 13.8. The van der Waals surface area contributed by atoms with Crippen molar-refractivity contribution in [2.75, 3.05) is 7.11 Å². The lowest BCUT2D eigenvalue weighted by molar-refractivity contribution is -0.385. The number of imidazole rings is 1. The van der Waals surface area contributed by atoms with Gasteiger partial charge in [0.05, 0.1) is 17.6 Å². The number of rotatable bonds is 6. The van der Waals surface area contributed by atoms with Gasteiger partial charge in [0.25, 0.3) is 5.69 Å². The molecule has 0 saturated carbocycles. The molecule has 3 aromatic rings. The van der Waals surface area contributed by atoms with E-state index in [2.05, 4.69) is 9.72 Å². The van der Waals surface area contributed by atoms with E-state index >= 15 is 0 Å². The van der Waals surface area contributed by atoms with Crippen molar-refractivity contribution in [3.8, 4) is 0 Å². The molecule has 1 heterocycles. The number of ether oxygens (including phenoxy) is 1. The van der Waals surface area contributed by atoms with Crippen LogP contribution in [0, 0.1) is 10.1 Å². The van der Waals surface area contributed by atoms with Crippen LogP contribution in [0.25, 0.3) is 0 Å². The first-order valence-corrected chi connectivity index (χ1v) is 7.98. The molecular formula is C19H17N3O4. The molecule has 0 bridgehead atoms. The number of esters is 1. The van der Waals surface area contributed by atoms with Crippen molar-refractivity contribution < 1.29 is 14.5 Å². The summed E-state index contributed by atoms with van der Waals surface area (Å²) in [7, 11) is 1.34. The van der Waals surface area contributed by atoms with Gasteiger partial charge in [-0.1, -0.05) is 30.3 Å². The van der Waals surface area contributed by atoms with Gasteiger partial charge < -0.3 is 9.30 Å². The predicted molar refractivity (Wildman–Crippen MR) is 95.0 cm³/mol. The van der Waals surface area contributed by atoms with Crippen molar-refractivity contribution >= 4 is 11.7 Å². The normalized spacial score (nSPS) is 10.5. The Morgan fingerprint density at radius 1 is 1.19 bits per heavy atom. The van der Waals surface area contributed by atoms with Crippen LogP contribution in [0.2, 0.25) is 0 Å². The zero-order chi connectivity index (χ0) is 18.5. The van der Waals surface area contributed by atoms with Crippen LogP contribution in [-0.4, -0.2) is 27.6 Å². The van der Waals surface area contributed by atoms with E-state index in [0.29, 0.717) is 24.1 Å². The zero-order valence-corrected chi connectivity index (χ0v) is 14.2. The molecule has 0 unspecified atom stereocenters. The van der Waals surface area contributed by atoms with Gasteiger partial charge in [-0.25, -0.2) is 9.78 Å². The molecule has 0 spiro atoms. The summed E-state index contributed by atoms with van der Waals surface area (Å²) < 4.78 is 6.62. The molecule has 7 nitrogen and oxygen atoms in total. The fraction of sp³-hybridized carbons (Fsp3) is 0.158. The first-order chi connectivity index (χ1) is 12.6. The van der Waals surface area contributed by atoms with Gasteiger partial charge in [0, 0.05) is 37.0 Å². The molecule has 0 N–H and O–H groups in total. The molecule has 3 rings (SSSR count). The monoisotopic (exact) mass is 351 g/mol. The van der Waals surface area contributed by atoms with Gasteiger partial charge in [0.15, 0.2) is 0 Å². The van der Waals surface area contributed by atoms with Crippen molar-refractivity contribution in [1.29, 1.82) is 0 Å². The predicted octanol–water partition coefficient (Wildman–Crippen LogP) is 3.22. The number of nitro benzene ring substituents is 1. The Bertz CT molecular complexity index is 932. The maximum atomic E-state index is 11.5. The van der Waals surface area contributed by atoms with E-state index in [9.17, 15) is 14.9 Å². The smallest absolute Gasteiger partial charge is 0.337 e. The van der Waals surface area contributed by atoms with E-state index in [-0.39, 0.29) is 16.6 Å². The number of benzene rings is 2. The highest BCUT2D eigenvalue weighted by atomic mass is 16.6. The van der Waals surface area contributed by atoms with Gasteiger partial charge in [-0.2, -0.15) is 0 Å². The van der Waals surface area contributed by atoms with Crippen LogP contribution in [0.15, 0.2) is 60.9 Å². The van der Waals surface area contributed by atoms with E-state index in [1.54, 1.807) is 36.5 Å². The standard InChI is InChI=1S/C19H17N3O4/c1-26-19(23)15-8-6-14(7-9-15)13-21-11-10-20-18(21)12-16-4-2-3-5-17(16)22(24)25/h2-11H,12-13H2,1H3. The van der Waals surface area contributed by atoms with E-state index in [1.165, 1.54) is 13.2 Å². The number of carbonyl (C=O) groups excluding carboxylic acids is 1. The molecule has 0 fully saturated rings. The fourth-order valence-electron chi connectivity index (χ4n) is 2.72. The van der Waals surface area contributed by atoms with Crippen LogP contribution in [0.4, 0.5) is 5.69 Å². The van der Waals surface area contributed by atoms with Gasteiger partial charge in [0.2, 0.25) is 0 Å². The SMILES string of the molecule is COC(=O)c1ccc(Cn2ccnc2Cc2ccccc2[N+](=O)[O-])cc1. The van der Waals surface area contributed by atoms with E-state index in [4.69, 9.17) is 0 Å². The zero-order valence-electron chi connectivity index (χ0n) is 14.2. The second-order valence-corrected chi connectivity index (χ2v) is 5.72. The van der Waals surface area contributed by atoms with Crippen LogP contribution in [-0.2, 0) is 17.7 Å². The Balaban J connectivity index is 1.79. The average molecular weight is 351 g/mol. The Hall–Kier alpha value is -3.48. The Kier molecular flexibility index (Phi) is 5.07. The molecule has 26 heavy (non-hydrogen) atoms. The molecular weight excluding hydrogens is 334 g/mol. The number of nitrogens with zero attached hydrogens (tertiary/aromatic N) is 3. The number of nitro groups is 1. The van der Waals surface area contributed by atoms with E-state index in [1.807, 2.05) is 22.9 Å². The molecule has 132 valence electrons. The quantitative estimate of drug-likeness (QED) is 0.386. The van der Waals surface area contributed by atoms with Gasteiger partial charge in [-0.15, -0.1) is 0 Å². The van der Waals surface area contributed by atoms with Gasteiger partial charge in [-0.3, -0.25) is 10.1 Å². The minimum absolute atomic E-state index is 0.0875. The van der Waals surface area contributed by atoms with Crippen molar-refractivity contribution in [3.63, 3.8) is 0 Å². The van der Waals surface area contributed by atoms with E-state index in [0.717, 1.165) is 11.4 Å². The van der Waals surface area contributed by atoms with Crippen LogP contribution in [0.3, 0.4) is 0 Å². The third-order valence-corrected chi connectivity index (χ3v) is 4.07. The van der Waals surface area contributed by atoms with Crippen LogP contribution >= 0.6 is 0 Å². The number of hydrogen-bond acceptors (Lipinski definition) is 5. The Morgan fingerprint density at radius 3 is 2.62 bits per heavy atom. The van der Waals surface area contributed by atoms with Crippen LogP contribution < -0.4 is 0 Å². The second-order valence-electron chi connectivity index (χ2n) is 5.72. The number of carbonyl (C=O) groups is 1. The summed E-state index contributed by atoms with van der Waals surface area (Å²) in [6.07, 6.45) is 3.87. The van der Waals surface area contributed by atoms with Crippen molar-refractivity contribution in [1.82, 2.24) is 9.55 Å². The highest BCUT2D eigenvalue weighted by Gasteiger charge is 2.15. The first kappa shape index (κ1) is 17.3. The molecule has 0 aliphatic heterocycles. The topological polar surface area (TPSA) is 87.3 Å². The lowest BCUT2D eigenvalue weighted by Crippen LogP contribution is -2.07. The molecule has 0 aliphatic carbocycles. The minimum Gasteiger partial charge on any atom is -0.465 e. The molecule has 0 atom stereocenters. The summed E-state index contributed by atoms with van der Waals surface area (Å²) in [4.78, 5) is 26.6. The summed E-state index contributed by atoms with van der Waals surface area (Å²) >= 11 is 0. The fourth-order valence-corrected chi connectivity index (χ4v) is 2.72. The summed E-state index contributed by atoms with van der Waals surface area (Å²) in [5.41, 5.74) is 2.18. The number of methoxy groups -OCH3 is 1. The highest BCUT2D eigenvalue weighted by molar-refractivity contribution is 5.89. The van der Waals surface area contributed by atoms with Crippen LogP contribution in [0.5, 0.6) is 0 Å². The van der Waals surface area contributed by atoms with Crippen LogP contribution in [0.1, 0.15) is 27.3 Å². The Morgan fingerprint density at radius 2 is 1.92 bits per heavy atom. The lowest BCUT2D eigenvalue weighted by Gasteiger charge is -2.09. The van der Waals surface area contributed by atoms with Crippen molar-refractivity contribution in [3.05, 3.63) is 93.6 Å².